The Labute approximate surface area is 159 Å². The van der Waals surface area contributed by atoms with Crippen LogP contribution in [0.15, 0.2) is 0 Å². The third-order valence-electron chi connectivity index (χ3n) is 2.95. The summed E-state index contributed by atoms with van der Waals surface area (Å²) in [6, 6.07) is 0. The third-order valence-corrected chi connectivity index (χ3v) is 6.13. The van der Waals surface area contributed by atoms with Crippen molar-refractivity contribution in [2.45, 2.75) is 53.9 Å². The quantitative estimate of drug-likeness (QED) is 0.237. The molecule has 142 valence electrons. The van der Waals surface area contributed by atoms with E-state index in [1.165, 1.54) is 42.3 Å². The summed E-state index contributed by atoms with van der Waals surface area (Å²) < 4.78 is 10.1. The van der Waals surface area contributed by atoms with Gasteiger partial charge in [0.1, 0.15) is 6.79 Å². The highest BCUT2D eigenvalue weighted by Gasteiger charge is 2.00. The molecule has 0 bridgehead atoms. The van der Waals surface area contributed by atoms with Crippen LogP contribution in [-0.2, 0) is 9.47 Å². The SMILES string of the molecule is CCCCSCCC(C)CSCC.CCOCOCCSCC. The summed E-state index contributed by atoms with van der Waals surface area (Å²) in [6.07, 6.45) is 4.14. The Balaban J connectivity index is 0. The van der Waals surface area contributed by atoms with Gasteiger partial charge in [-0.1, -0.05) is 34.1 Å². The lowest BCUT2D eigenvalue weighted by molar-refractivity contribution is -0.0435. The normalized spacial score (nSPS) is 11.9. The van der Waals surface area contributed by atoms with Crippen molar-refractivity contribution < 1.29 is 9.47 Å². The predicted molar refractivity (Wildman–Crippen MR) is 114 cm³/mol. The number of rotatable bonds is 16. The van der Waals surface area contributed by atoms with Gasteiger partial charge in [-0.05, 0) is 54.4 Å². The van der Waals surface area contributed by atoms with Gasteiger partial charge < -0.3 is 9.47 Å². The highest BCUT2D eigenvalue weighted by molar-refractivity contribution is 7.99. The van der Waals surface area contributed by atoms with Crippen molar-refractivity contribution >= 4 is 35.3 Å². The lowest BCUT2D eigenvalue weighted by Gasteiger charge is -2.09. The van der Waals surface area contributed by atoms with E-state index in [1.807, 2.05) is 18.7 Å². The molecule has 1 atom stereocenters. The molecular formula is C18H40O2S3. The number of ether oxygens (including phenoxy) is 2. The highest BCUT2D eigenvalue weighted by Crippen LogP contribution is 2.15. The summed E-state index contributed by atoms with van der Waals surface area (Å²) in [5.74, 6) is 8.51. The molecule has 23 heavy (non-hydrogen) atoms. The van der Waals surface area contributed by atoms with Crippen molar-refractivity contribution in [1.29, 1.82) is 0 Å². The molecule has 0 aromatic rings. The van der Waals surface area contributed by atoms with Gasteiger partial charge in [0.15, 0.2) is 0 Å². The Hall–Kier alpha value is 0.970. The van der Waals surface area contributed by atoms with Gasteiger partial charge in [0.25, 0.3) is 0 Å². The molecule has 0 radical (unpaired) electrons. The van der Waals surface area contributed by atoms with E-state index in [2.05, 4.69) is 51.2 Å². The van der Waals surface area contributed by atoms with Crippen LogP contribution in [0.1, 0.15) is 53.9 Å². The average Bonchev–Trinajstić information content (AvgIpc) is 2.56. The molecule has 0 saturated heterocycles. The Morgan fingerprint density at radius 2 is 1.57 bits per heavy atom. The van der Waals surface area contributed by atoms with Crippen molar-refractivity contribution in [2.75, 3.05) is 54.5 Å². The molecule has 0 aromatic carbocycles. The first-order valence-electron chi connectivity index (χ1n) is 9.11. The highest BCUT2D eigenvalue weighted by atomic mass is 32.2. The van der Waals surface area contributed by atoms with E-state index in [9.17, 15) is 0 Å². The second kappa shape index (κ2) is 25.2. The molecule has 0 fully saturated rings. The predicted octanol–water partition coefficient (Wildman–Crippen LogP) is 6.05. The largest absolute Gasteiger partial charge is 0.356 e. The first-order valence-corrected chi connectivity index (χ1v) is 12.6. The van der Waals surface area contributed by atoms with Gasteiger partial charge in [-0.3, -0.25) is 0 Å². The molecular weight excluding hydrogens is 344 g/mol. The fourth-order valence-corrected chi connectivity index (χ4v) is 4.09. The van der Waals surface area contributed by atoms with Crippen LogP contribution in [0.5, 0.6) is 0 Å². The van der Waals surface area contributed by atoms with Gasteiger partial charge in [0.05, 0.1) is 6.61 Å². The van der Waals surface area contributed by atoms with E-state index in [4.69, 9.17) is 9.47 Å². The zero-order valence-electron chi connectivity index (χ0n) is 16.1. The van der Waals surface area contributed by atoms with Crippen molar-refractivity contribution in [3.8, 4) is 0 Å². The van der Waals surface area contributed by atoms with Crippen LogP contribution in [0.4, 0.5) is 0 Å². The maximum absolute atomic E-state index is 5.13. The fourth-order valence-electron chi connectivity index (χ4n) is 1.50. The van der Waals surface area contributed by atoms with Gasteiger partial charge in [-0.15, -0.1) is 0 Å². The standard InChI is InChI=1S/C11H24S2.C7H16O2S/c1-4-6-8-13-9-7-11(3)10-12-5-2;1-3-8-7-9-5-6-10-4-2/h11H,4-10H2,1-3H3;3-7H2,1-2H3. The first-order chi connectivity index (χ1) is 11.2. The van der Waals surface area contributed by atoms with Crippen LogP contribution in [0, 0.1) is 5.92 Å². The van der Waals surface area contributed by atoms with Crippen LogP contribution in [-0.4, -0.2) is 54.5 Å². The molecule has 0 saturated carbocycles. The molecule has 1 unspecified atom stereocenters. The monoisotopic (exact) mass is 384 g/mol. The summed E-state index contributed by atoms with van der Waals surface area (Å²) in [6.45, 7) is 13.0. The number of unbranched alkanes of at least 4 members (excludes halogenated alkanes) is 1. The van der Waals surface area contributed by atoms with Crippen LogP contribution in [0.3, 0.4) is 0 Å². The number of hydrogen-bond acceptors (Lipinski definition) is 5. The molecule has 0 amide bonds. The van der Waals surface area contributed by atoms with E-state index in [0.29, 0.717) is 6.79 Å². The molecule has 0 aliphatic heterocycles. The van der Waals surface area contributed by atoms with E-state index in [-0.39, 0.29) is 0 Å². The van der Waals surface area contributed by atoms with Gasteiger partial charge >= 0.3 is 0 Å². The minimum atomic E-state index is 0.445. The molecule has 0 spiro atoms. The summed E-state index contributed by atoms with van der Waals surface area (Å²) in [5.41, 5.74) is 0. The van der Waals surface area contributed by atoms with Gasteiger partial charge in [0, 0.05) is 12.4 Å². The number of thioether (sulfide) groups is 3. The second-order valence-corrected chi connectivity index (χ2v) is 9.17. The Kier molecular flexibility index (Phi) is 28.7. The molecule has 5 heteroatoms. The van der Waals surface area contributed by atoms with E-state index < -0.39 is 0 Å². The smallest absolute Gasteiger partial charge is 0.146 e. The minimum Gasteiger partial charge on any atom is -0.356 e. The van der Waals surface area contributed by atoms with Crippen LogP contribution >= 0.6 is 35.3 Å². The Morgan fingerprint density at radius 1 is 0.826 bits per heavy atom. The van der Waals surface area contributed by atoms with Gasteiger partial charge in [-0.25, -0.2) is 0 Å². The first kappa shape index (κ1) is 26.2. The van der Waals surface area contributed by atoms with Crippen molar-refractivity contribution in [1.82, 2.24) is 0 Å². The molecule has 0 aliphatic rings. The molecule has 0 N–H and O–H groups in total. The number of hydrogen-bond donors (Lipinski definition) is 0. The fraction of sp³-hybridized carbons (Fsp3) is 1.00. The molecule has 2 nitrogen and oxygen atoms in total. The van der Waals surface area contributed by atoms with Crippen LogP contribution in [0.2, 0.25) is 0 Å². The molecule has 0 rings (SSSR count). The topological polar surface area (TPSA) is 18.5 Å². The maximum Gasteiger partial charge on any atom is 0.146 e. The van der Waals surface area contributed by atoms with Crippen molar-refractivity contribution in [3.63, 3.8) is 0 Å². The Bertz CT molecular complexity index is 187. The van der Waals surface area contributed by atoms with Crippen molar-refractivity contribution in [2.24, 2.45) is 5.92 Å². The summed E-state index contributed by atoms with van der Waals surface area (Å²) >= 11 is 6.09. The molecule has 0 aliphatic carbocycles. The summed E-state index contributed by atoms with van der Waals surface area (Å²) in [7, 11) is 0. The summed E-state index contributed by atoms with van der Waals surface area (Å²) in [4.78, 5) is 0. The Morgan fingerprint density at radius 3 is 2.17 bits per heavy atom. The van der Waals surface area contributed by atoms with E-state index in [1.54, 1.807) is 0 Å². The van der Waals surface area contributed by atoms with Gasteiger partial charge in [-0.2, -0.15) is 35.3 Å². The van der Waals surface area contributed by atoms with Crippen LogP contribution in [0.25, 0.3) is 0 Å². The lowest BCUT2D eigenvalue weighted by atomic mass is 10.2. The summed E-state index contributed by atoms with van der Waals surface area (Å²) in [5, 5.41) is 0. The molecule has 0 aromatic heterocycles. The van der Waals surface area contributed by atoms with Crippen molar-refractivity contribution in [3.05, 3.63) is 0 Å². The zero-order valence-corrected chi connectivity index (χ0v) is 18.6. The lowest BCUT2D eigenvalue weighted by Crippen LogP contribution is -2.02. The third kappa shape index (κ3) is 28.1. The maximum atomic E-state index is 5.13. The minimum absolute atomic E-state index is 0.445. The van der Waals surface area contributed by atoms with Crippen LogP contribution < -0.4 is 0 Å². The van der Waals surface area contributed by atoms with Gasteiger partial charge in [0.2, 0.25) is 0 Å². The zero-order chi connectivity index (χ0) is 17.6. The molecule has 0 heterocycles. The van der Waals surface area contributed by atoms with E-state index >= 15 is 0 Å². The average molecular weight is 385 g/mol. The van der Waals surface area contributed by atoms with E-state index in [0.717, 1.165) is 30.6 Å². The second-order valence-electron chi connectivity index (χ2n) is 5.24.